The van der Waals surface area contributed by atoms with Gasteiger partial charge in [-0.25, -0.2) is 23.4 Å². The number of rotatable bonds is 6. The quantitative estimate of drug-likeness (QED) is 0.432. The van der Waals surface area contributed by atoms with E-state index < -0.39 is 9.73 Å². The van der Waals surface area contributed by atoms with Crippen LogP contribution in [-0.2, 0) is 14.5 Å². The molecule has 10 nitrogen and oxygen atoms in total. The van der Waals surface area contributed by atoms with Crippen LogP contribution in [0.1, 0.15) is 31.2 Å². The van der Waals surface area contributed by atoms with Crippen LogP contribution in [0.15, 0.2) is 41.0 Å². The van der Waals surface area contributed by atoms with Crippen LogP contribution in [0, 0.1) is 12.7 Å². The second-order valence-corrected chi connectivity index (χ2v) is 12.8. The molecular formula is C28H35FN6O4S. The van der Waals surface area contributed by atoms with Crippen molar-refractivity contribution in [2.45, 2.75) is 44.8 Å². The largest absolute Gasteiger partial charge is 0.488 e. The molecule has 2 amide bonds. The molecule has 2 N–H and O–H groups in total. The lowest BCUT2D eigenvalue weighted by Gasteiger charge is -2.29. The third-order valence-electron chi connectivity index (χ3n) is 7.50. The van der Waals surface area contributed by atoms with E-state index in [1.54, 1.807) is 31.2 Å². The highest BCUT2D eigenvalue weighted by Crippen LogP contribution is 2.35. The maximum atomic E-state index is 14.2. The monoisotopic (exact) mass is 570 g/mol. The molecule has 2 heterocycles. The molecule has 0 bridgehead atoms. The first kappa shape index (κ1) is 28.0. The molecule has 12 heteroatoms. The van der Waals surface area contributed by atoms with Crippen LogP contribution in [0.5, 0.6) is 5.75 Å². The van der Waals surface area contributed by atoms with Gasteiger partial charge in [-0.2, -0.15) is 4.36 Å². The number of urea groups is 1. The van der Waals surface area contributed by atoms with Gasteiger partial charge >= 0.3 is 6.03 Å². The summed E-state index contributed by atoms with van der Waals surface area (Å²) < 4.78 is 44.0. The summed E-state index contributed by atoms with van der Waals surface area (Å²) in [7, 11) is 0.802. The Hall–Kier alpha value is -3.51. The summed E-state index contributed by atoms with van der Waals surface area (Å²) in [5.74, 6) is 1.23. The van der Waals surface area contributed by atoms with Crippen LogP contribution in [0.3, 0.4) is 0 Å². The highest BCUT2D eigenvalue weighted by atomic mass is 32.2. The van der Waals surface area contributed by atoms with Crippen molar-refractivity contribution < 1.29 is 22.9 Å². The molecule has 3 aromatic rings. The number of carbonyl (C=O) groups excluding carboxylic acids is 1. The summed E-state index contributed by atoms with van der Waals surface area (Å²) in [6, 6.07) is 7.91. The van der Waals surface area contributed by atoms with Crippen LogP contribution < -0.4 is 15.4 Å². The zero-order valence-electron chi connectivity index (χ0n) is 23.0. The summed E-state index contributed by atoms with van der Waals surface area (Å²) in [5, 5.41) is 6.71. The van der Waals surface area contributed by atoms with E-state index in [2.05, 4.69) is 25.0 Å². The predicted molar refractivity (Wildman–Crippen MR) is 154 cm³/mol. The average Bonchev–Trinajstić information content (AvgIpc) is 2.94. The van der Waals surface area contributed by atoms with Crippen molar-refractivity contribution in [3.8, 4) is 5.75 Å². The number of methoxy groups -OCH3 is 1. The lowest BCUT2D eigenvalue weighted by molar-refractivity contribution is 0.0329. The molecule has 0 radical (unpaired) electrons. The lowest BCUT2D eigenvalue weighted by atomic mass is 9.95. The summed E-state index contributed by atoms with van der Waals surface area (Å²) in [6.07, 6.45) is 5.15. The van der Waals surface area contributed by atoms with Gasteiger partial charge in [-0.1, -0.05) is 0 Å². The fraction of sp³-hybridized carbons (Fsp3) is 0.464. The Kier molecular flexibility index (Phi) is 8.36. The molecule has 40 heavy (non-hydrogen) atoms. The van der Waals surface area contributed by atoms with Crippen molar-refractivity contribution in [2.24, 2.45) is 4.36 Å². The maximum absolute atomic E-state index is 14.2. The molecular weight excluding hydrogens is 535 g/mol. The maximum Gasteiger partial charge on any atom is 0.317 e. The van der Waals surface area contributed by atoms with Crippen molar-refractivity contribution in [1.82, 2.24) is 20.2 Å². The molecule has 2 fully saturated rings. The molecule has 0 unspecified atom stereocenters. The number of amides is 2. The summed E-state index contributed by atoms with van der Waals surface area (Å²) in [4.78, 5) is 22.4. The summed E-state index contributed by atoms with van der Waals surface area (Å²) >= 11 is 0. The van der Waals surface area contributed by atoms with E-state index in [9.17, 15) is 13.4 Å². The molecule has 2 aliphatic rings. The van der Waals surface area contributed by atoms with Crippen LogP contribution >= 0.6 is 0 Å². The Labute approximate surface area is 233 Å². The topological polar surface area (TPSA) is 118 Å². The van der Waals surface area contributed by atoms with E-state index in [4.69, 9.17) is 9.47 Å². The number of ether oxygens (including phenoxy) is 2. The number of benzene rings is 2. The number of hydrogen-bond donors (Lipinski definition) is 2. The fourth-order valence-electron chi connectivity index (χ4n) is 5.27. The molecule has 1 saturated heterocycles. The van der Waals surface area contributed by atoms with E-state index in [1.165, 1.54) is 18.5 Å². The second-order valence-electron chi connectivity index (χ2n) is 10.2. The van der Waals surface area contributed by atoms with Crippen LogP contribution in [0.4, 0.5) is 26.4 Å². The normalized spacial score (nSPS) is 20.6. The minimum Gasteiger partial charge on any atom is -0.488 e. The standard InChI is InChI=1S/C28H35FN6O4S/c1-18-14-20(34-40(37)12-10-35(11-13-40)28(36)30-2)16-24-26(18)27(32-17-31-24)33-23-9-4-19(29)15-25(23)39-22-7-5-21(38-3)6-8-22/h4,9,14-17,21-22H,5-8,10-13H2,1-3H3,(H,30,36)(H,31,32,33). The van der Waals surface area contributed by atoms with Gasteiger partial charge in [0.15, 0.2) is 0 Å². The van der Waals surface area contributed by atoms with Gasteiger partial charge in [0.1, 0.15) is 23.7 Å². The minimum atomic E-state index is -2.51. The smallest absolute Gasteiger partial charge is 0.317 e. The minimum absolute atomic E-state index is 0.0214. The molecule has 1 aliphatic heterocycles. The number of nitrogens with one attached hydrogen (secondary N) is 2. The first-order valence-corrected chi connectivity index (χ1v) is 15.3. The second kappa shape index (κ2) is 11.9. The number of halogens is 1. The average molecular weight is 571 g/mol. The molecule has 1 saturated carbocycles. The van der Waals surface area contributed by atoms with Crippen LogP contribution in [0.25, 0.3) is 10.9 Å². The fourth-order valence-corrected chi connectivity index (χ4v) is 7.16. The molecule has 1 aromatic heterocycles. The zero-order valence-corrected chi connectivity index (χ0v) is 23.8. The van der Waals surface area contributed by atoms with E-state index in [1.807, 2.05) is 13.0 Å². The zero-order chi connectivity index (χ0) is 28.3. The van der Waals surface area contributed by atoms with E-state index >= 15 is 0 Å². The van der Waals surface area contributed by atoms with Gasteiger partial charge in [0.2, 0.25) is 0 Å². The van der Waals surface area contributed by atoms with E-state index in [-0.39, 0.29) is 24.1 Å². The molecule has 0 atom stereocenters. The van der Waals surface area contributed by atoms with Crippen LogP contribution in [0.2, 0.25) is 0 Å². The lowest BCUT2D eigenvalue weighted by Crippen LogP contribution is -2.47. The van der Waals surface area contributed by atoms with E-state index in [0.717, 1.165) is 36.6 Å². The molecule has 2 aromatic carbocycles. The Morgan fingerprint density at radius 2 is 1.82 bits per heavy atom. The number of aryl methyl sites for hydroxylation is 1. The third-order valence-corrected chi connectivity index (χ3v) is 9.68. The van der Waals surface area contributed by atoms with Crippen molar-refractivity contribution in [3.05, 3.63) is 48.0 Å². The summed E-state index contributed by atoms with van der Waals surface area (Å²) in [5.41, 5.74) is 2.68. The van der Waals surface area contributed by atoms with Gasteiger partial charge in [0.25, 0.3) is 0 Å². The molecule has 0 spiro atoms. The number of nitrogens with zero attached hydrogens (tertiary/aromatic N) is 4. The van der Waals surface area contributed by atoms with Gasteiger partial charge in [-0.15, -0.1) is 0 Å². The summed E-state index contributed by atoms with van der Waals surface area (Å²) in [6.45, 7) is 2.70. The van der Waals surface area contributed by atoms with Crippen molar-refractivity contribution in [1.29, 1.82) is 0 Å². The molecule has 1 aliphatic carbocycles. The van der Waals surface area contributed by atoms with E-state index in [0.29, 0.717) is 53.1 Å². The highest BCUT2D eigenvalue weighted by Gasteiger charge is 2.25. The Morgan fingerprint density at radius 1 is 1.10 bits per heavy atom. The SMILES string of the molecule is CNC(=O)N1CCS(=O)(=Nc2cc(C)c3c(Nc4ccc(F)cc4OC4CCC(OC)CC4)ncnc3c2)CC1. The Morgan fingerprint density at radius 3 is 2.52 bits per heavy atom. The highest BCUT2D eigenvalue weighted by molar-refractivity contribution is 7.93. The van der Waals surface area contributed by atoms with Gasteiger partial charge in [0, 0.05) is 50.2 Å². The molecule has 214 valence electrons. The first-order chi connectivity index (χ1) is 19.3. The number of hydrogen-bond acceptors (Lipinski definition) is 8. The van der Waals surface area contributed by atoms with Crippen molar-refractivity contribution in [2.75, 3.05) is 44.1 Å². The third kappa shape index (κ3) is 6.28. The number of carbonyl (C=O) groups is 1. The van der Waals surface area contributed by atoms with Crippen molar-refractivity contribution >= 4 is 43.9 Å². The van der Waals surface area contributed by atoms with Gasteiger partial charge in [0.05, 0.1) is 38.8 Å². The van der Waals surface area contributed by atoms with Gasteiger partial charge in [-0.05, 0) is 62.4 Å². The first-order valence-electron chi connectivity index (χ1n) is 13.5. The Balaban J connectivity index is 1.39. The molecule has 5 rings (SSSR count). The predicted octanol–water partition coefficient (Wildman–Crippen LogP) is 4.91. The number of aromatic nitrogens is 2. The van der Waals surface area contributed by atoms with Gasteiger partial charge < -0.3 is 25.0 Å². The Bertz CT molecular complexity index is 1500. The van der Waals surface area contributed by atoms with Gasteiger partial charge in [-0.3, -0.25) is 0 Å². The number of anilines is 2. The van der Waals surface area contributed by atoms with Crippen LogP contribution in [-0.4, -0.2) is 76.1 Å². The number of fused-ring (bicyclic) bond motifs is 1. The van der Waals surface area contributed by atoms with Crippen molar-refractivity contribution in [3.63, 3.8) is 0 Å².